The van der Waals surface area contributed by atoms with E-state index in [1.807, 2.05) is 0 Å². The van der Waals surface area contributed by atoms with Gasteiger partial charge in [-0.25, -0.2) is 0 Å². The normalized spacial score (nSPS) is 25.8. The molecule has 1 nitrogen and oxygen atoms in total. The van der Waals surface area contributed by atoms with E-state index in [0.717, 1.165) is 0 Å². The van der Waals surface area contributed by atoms with Crippen molar-refractivity contribution in [2.75, 3.05) is 0 Å². The van der Waals surface area contributed by atoms with E-state index < -0.39 is 0 Å². The van der Waals surface area contributed by atoms with Gasteiger partial charge >= 0.3 is 0 Å². The third-order valence-electron chi connectivity index (χ3n) is 2.45. The van der Waals surface area contributed by atoms with Crippen LogP contribution in [0.2, 0.25) is 0 Å². The van der Waals surface area contributed by atoms with Gasteiger partial charge in [-0.2, -0.15) is 0 Å². The summed E-state index contributed by atoms with van der Waals surface area (Å²) >= 11 is 0. The minimum absolute atomic E-state index is 0.0118. The van der Waals surface area contributed by atoms with Crippen molar-refractivity contribution < 1.29 is 0 Å². The maximum absolute atomic E-state index is 4.73. The lowest BCUT2D eigenvalue weighted by atomic mass is 10.1. The zero-order chi connectivity index (χ0) is 8.60. The van der Waals surface area contributed by atoms with Crippen LogP contribution in [-0.2, 0) is 0 Å². The Kier molecular flexibility index (Phi) is 1.67. The Morgan fingerprint density at radius 3 is 3.00 bits per heavy atom. The number of allylic oxidation sites excluding steroid dienone is 3. The maximum Gasteiger partial charge on any atom is 0.0737 e. The van der Waals surface area contributed by atoms with Crippen LogP contribution in [0.5, 0.6) is 0 Å². The number of fused-ring (bicyclic) bond motifs is 1. The highest BCUT2D eigenvalue weighted by Crippen LogP contribution is 2.27. The molecule has 0 spiro atoms. The lowest BCUT2D eigenvalue weighted by molar-refractivity contribution is 0.657. The van der Waals surface area contributed by atoms with Crippen LogP contribution >= 0.6 is 0 Å². The van der Waals surface area contributed by atoms with Gasteiger partial charge in [-0.3, -0.25) is 4.99 Å². The Balaban J connectivity index is 2.40. The molecule has 1 heterocycles. The quantitative estimate of drug-likeness (QED) is 0.518. The van der Waals surface area contributed by atoms with E-state index in [2.05, 4.69) is 32.1 Å². The summed E-state index contributed by atoms with van der Waals surface area (Å²) in [5, 5.41) is 0. The van der Waals surface area contributed by atoms with Crippen LogP contribution in [0.25, 0.3) is 0 Å². The zero-order valence-corrected chi connectivity index (χ0v) is 7.80. The minimum Gasteiger partial charge on any atom is -0.279 e. The van der Waals surface area contributed by atoms with Gasteiger partial charge in [0.1, 0.15) is 0 Å². The first-order chi connectivity index (χ1) is 5.67. The average molecular weight is 161 g/mol. The third-order valence-corrected chi connectivity index (χ3v) is 2.45. The van der Waals surface area contributed by atoms with E-state index >= 15 is 0 Å². The second-order valence-electron chi connectivity index (χ2n) is 4.12. The molecule has 2 rings (SSSR count). The first kappa shape index (κ1) is 7.78. The monoisotopic (exact) mass is 161 g/mol. The Labute approximate surface area is 73.9 Å². The molecule has 1 fully saturated rings. The molecule has 1 aliphatic heterocycles. The molecule has 0 amide bonds. The molecule has 64 valence electrons. The van der Waals surface area contributed by atoms with Crippen molar-refractivity contribution in [3.05, 3.63) is 23.8 Å². The standard InChI is InChI=1S/C11H15N/c1-11(2)8-4-6-9-5-3-7-10(9)12-11/h4,6,8H,3,5,7H2,1-2H3. The van der Waals surface area contributed by atoms with Crippen LogP contribution in [-0.4, -0.2) is 11.3 Å². The summed E-state index contributed by atoms with van der Waals surface area (Å²) in [6.07, 6.45) is 10.2. The molecule has 1 saturated carbocycles. The predicted molar refractivity (Wildman–Crippen MR) is 52.6 cm³/mol. The van der Waals surface area contributed by atoms with Crippen molar-refractivity contribution in [1.82, 2.24) is 0 Å². The van der Waals surface area contributed by atoms with E-state index in [4.69, 9.17) is 4.99 Å². The molecule has 0 N–H and O–H groups in total. The van der Waals surface area contributed by atoms with Crippen LogP contribution in [0.3, 0.4) is 0 Å². The van der Waals surface area contributed by atoms with E-state index in [1.165, 1.54) is 30.5 Å². The second-order valence-corrected chi connectivity index (χ2v) is 4.12. The SMILES string of the molecule is CC1(C)C=CC=C2CCCC2=N1. The van der Waals surface area contributed by atoms with Crippen molar-refractivity contribution in [2.45, 2.75) is 38.6 Å². The Morgan fingerprint density at radius 2 is 2.17 bits per heavy atom. The van der Waals surface area contributed by atoms with E-state index in [1.54, 1.807) is 0 Å². The lowest BCUT2D eigenvalue weighted by Crippen LogP contribution is -2.14. The Morgan fingerprint density at radius 1 is 1.33 bits per heavy atom. The number of hydrogen-bond donors (Lipinski definition) is 0. The first-order valence-electron chi connectivity index (χ1n) is 4.65. The van der Waals surface area contributed by atoms with E-state index in [9.17, 15) is 0 Å². The zero-order valence-electron chi connectivity index (χ0n) is 7.80. The molecular weight excluding hydrogens is 146 g/mol. The molecule has 0 radical (unpaired) electrons. The fraction of sp³-hybridized carbons (Fsp3) is 0.545. The molecular formula is C11H15N. The van der Waals surface area contributed by atoms with E-state index in [0.29, 0.717) is 0 Å². The van der Waals surface area contributed by atoms with Gasteiger partial charge in [0.15, 0.2) is 0 Å². The van der Waals surface area contributed by atoms with Gasteiger partial charge < -0.3 is 0 Å². The van der Waals surface area contributed by atoms with Crippen molar-refractivity contribution in [2.24, 2.45) is 4.99 Å². The van der Waals surface area contributed by atoms with Gasteiger partial charge in [-0.15, -0.1) is 0 Å². The van der Waals surface area contributed by atoms with Gasteiger partial charge in [-0.1, -0.05) is 18.2 Å². The molecule has 1 aliphatic carbocycles. The van der Waals surface area contributed by atoms with Crippen LogP contribution < -0.4 is 0 Å². The minimum atomic E-state index is 0.0118. The Bertz CT molecular complexity index is 279. The van der Waals surface area contributed by atoms with Crippen molar-refractivity contribution in [1.29, 1.82) is 0 Å². The summed E-state index contributed by atoms with van der Waals surface area (Å²) < 4.78 is 0. The van der Waals surface area contributed by atoms with Gasteiger partial charge in [0, 0.05) is 5.71 Å². The third kappa shape index (κ3) is 1.36. The lowest BCUT2D eigenvalue weighted by Gasteiger charge is -2.14. The maximum atomic E-state index is 4.73. The fourth-order valence-corrected chi connectivity index (χ4v) is 1.84. The molecule has 12 heavy (non-hydrogen) atoms. The number of aliphatic imine (C=N–C) groups is 1. The van der Waals surface area contributed by atoms with E-state index in [-0.39, 0.29) is 5.54 Å². The predicted octanol–water partition coefficient (Wildman–Crippen LogP) is 2.89. The summed E-state index contributed by atoms with van der Waals surface area (Å²) in [5.74, 6) is 0. The molecule has 0 saturated heterocycles. The molecule has 0 aromatic heterocycles. The molecule has 1 heteroatoms. The summed E-state index contributed by atoms with van der Waals surface area (Å²) in [5.41, 5.74) is 2.81. The van der Waals surface area contributed by atoms with Crippen LogP contribution in [0, 0.1) is 0 Å². The smallest absolute Gasteiger partial charge is 0.0737 e. The van der Waals surface area contributed by atoms with Crippen molar-refractivity contribution >= 4 is 5.71 Å². The Hall–Kier alpha value is -0.850. The molecule has 0 atom stereocenters. The van der Waals surface area contributed by atoms with Crippen molar-refractivity contribution in [3.8, 4) is 0 Å². The van der Waals surface area contributed by atoms with Gasteiger partial charge in [0.2, 0.25) is 0 Å². The first-order valence-corrected chi connectivity index (χ1v) is 4.65. The molecule has 2 aliphatic rings. The highest BCUT2D eigenvalue weighted by molar-refractivity contribution is 6.02. The number of hydrogen-bond acceptors (Lipinski definition) is 1. The average Bonchev–Trinajstić information content (AvgIpc) is 2.31. The molecule has 0 bridgehead atoms. The highest BCUT2D eigenvalue weighted by Gasteiger charge is 2.21. The van der Waals surface area contributed by atoms with Crippen LogP contribution in [0.15, 0.2) is 28.8 Å². The summed E-state index contributed by atoms with van der Waals surface area (Å²) in [6, 6.07) is 0. The molecule has 0 aromatic rings. The molecule has 0 aromatic carbocycles. The van der Waals surface area contributed by atoms with Gasteiger partial charge in [0.25, 0.3) is 0 Å². The summed E-state index contributed by atoms with van der Waals surface area (Å²) in [6.45, 7) is 4.32. The number of rotatable bonds is 0. The largest absolute Gasteiger partial charge is 0.279 e. The topological polar surface area (TPSA) is 12.4 Å². The highest BCUT2D eigenvalue weighted by atomic mass is 14.8. The fourth-order valence-electron chi connectivity index (χ4n) is 1.84. The van der Waals surface area contributed by atoms with Crippen LogP contribution in [0.4, 0.5) is 0 Å². The number of nitrogens with zero attached hydrogens (tertiary/aromatic N) is 1. The summed E-state index contributed by atoms with van der Waals surface area (Å²) in [7, 11) is 0. The summed E-state index contributed by atoms with van der Waals surface area (Å²) in [4.78, 5) is 4.73. The van der Waals surface area contributed by atoms with Gasteiger partial charge in [-0.05, 0) is 38.7 Å². The van der Waals surface area contributed by atoms with Gasteiger partial charge in [0.05, 0.1) is 5.54 Å². The second kappa shape index (κ2) is 2.58. The molecule has 0 unspecified atom stereocenters. The van der Waals surface area contributed by atoms with Crippen LogP contribution in [0.1, 0.15) is 33.1 Å². The van der Waals surface area contributed by atoms with Crippen molar-refractivity contribution in [3.63, 3.8) is 0 Å².